The maximum Gasteiger partial charge on any atom is 0.256 e. The first-order chi connectivity index (χ1) is 12.5. The van der Waals surface area contributed by atoms with E-state index in [0.29, 0.717) is 0 Å². The summed E-state index contributed by atoms with van der Waals surface area (Å²) in [5, 5.41) is 7.66. The summed E-state index contributed by atoms with van der Waals surface area (Å²) >= 11 is 6.30. The molecule has 0 spiro atoms. The lowest BCUT2D eigenvalue weighted by atomic mass is 10.00. The van der Waals surface area contributed by atoms with Gasteiger partial charge in [-0.15, -0.1) is 11.3 Å². The van der Waals surface area contributed by atoms with E-state index in [9.17, 15) is 4.79 Å². The highest BCUT2D eigenvalue weighted by Crippen LogP contribution is 2.42. The quantitative estimate of drug-likeness (QED) is 0.523. The van der Waals surface area contributed by atoms with E-state index < -0.39 is 0 Å². The van der Waals surface area contributed by atoms with Crippen LogP contribution in [0.1, 0.15) is 39.5 Å². The number of amides is 1. The van der Waals surface area contributed by atoms with Crippen LogP contribution in [0.2, 0.25) is 0 Å². The summed E-state index contributed by atoms with van der Waals surface area (Å²) in [5.41, 5.74) is 3.03. The van der Waals surface area contributed by atoms with Crippen LogP contribution >= 0.6 is 56.5 Å². The Hall–Kier alpha value is -0.590. The van der Waals surface area contributed by atoms with Crippen molar-refractivity contribution >= 4 is 67.4 Å². The molecule has 138 valence electrons. The van der Waals surface area contributed by atoms with E-state index in [-0.39, 0.29) is 12.1 Å². The fourth-order valence-electron chi connectivity index (χ4n) is 3.60. The van der Waals surface area contributed by atoms with Crippen LogP contribution in [0.15, 0.2) is 12.1 Å². The third-order valence-electron chi connectivity index (χ3n) is 4.91. The monoisotopic (exact) mass is 595 g/mol. The number of hydrogen-bond donors (Lipinski definition) is 2. The van der Waals surface area contributed by atoms with E-state index in [1.165, 1.54) is 10.4 Å². The van der Waals surface area contributed by atoms with E-state index in [1.807, 2.05) is 0 Å². The van der Waals surface area contributed by atoms with Crippen LogP contribution in [0.3, 0.4) is 0 Å². The van der Waals surface area contributed by atoms with E-state index in [2.05, 4.69) is 79.8 Å². The molecule has 0 radical (unpaired) electrons. The van der Waals surface area contributed by atoms with Crippen molar-refractivity contribution in [1.29, 1.82) is 0 Å². The van der Waals surface area contributed by atoms with Gasteiger partial charge < -0.3 is 15.4 Å². The summed E-state index contributed by atoms with van der Waals surface area (Å²) in [6.07, 6.45) is 0.662. The van der Waals surface area contributed by atoms with Crippen LogP contribution < -0.4 is 15.4 Å². The minimum Gasteiger partial charge on any atom is -0.495 e. The molecule has 8 heteroatoms. The summed E-state index contributed by atoms with van der Waals surface area (Å²) in [7, 11) is 1.67. The Morgan fingerprint density at radius 3 is 2.88 bits per heavy atom. The molecule has 4 rings (SSSR count). The summed E-state index contributed by atoms with van der Waals surface area (Å²) in [6.45, 7) is 5.19. The van der Waals surface area contributed by atoms with Crippen molar-refractivity contribution in [2.45, 2.75) is 26.1 Å². The molecule has 0 fully saturated rings. The Balaban J connectivity index is 1.72. The van der Waals surface area contributed by atoms with Crippen molar-refractivity contribution in [2.75, 3.05) is 25.5 Å². The average Bonchev–Trinajstić information content (AvgIpc) is 2.98. The molecule has 1 atom stereocenters. The Kier molecular flexibility index (Phi) is 5.37. The van der Waals surface area contributed by atoms with E-state index in [1.54, 1.807) is 18.4 Å². The molecule has 0 saturated heterocycles. The van der Waals surface area contributed by atoms with E-state index in [4.69, 9.17) is 4.74 Å². The molecular formula is C18H19I2N3O2S. The van der Waals surface area contributed by atoms with Crippen molar-refractivity contribution in [1.82, 2.24) is 10.2 Å². The molecule has 1 aromatic carbocycles. The molecule has 3 heterocycles. The van der Waals surface area contributed by atoms with Crippen LogP contribution in [0, 0.1) is 7.14 Å². The second kappa shape index (κ2) is 7.44. The van der Waals surface area contributed by atoms with E-state index >= 15 is 0 Å². The van der Waals surface area contributed by atoms with Crippen LogP contribution in [-0.2, 0) is 13.0 Å². The van der Waals surface area contributed by atoms with Gasteiger partial charge in [0.25, 0.3) is 5.91 Å². The lowest BCUT2D eigenvalue weighted by molar-refractivity contribution is 0.0934. The van der Waals surface area contributed by atoms with Gasteiger partial charge in [-0.3, -0.25) is 9.69 Å². The van der Waals surface area contributed by atoms with Crippen LogP contribution in [0.4, 0.5) is 5.00 Å². The predicted molar refractivity (Wildman–Crippen MR) is 121 cm³/mol. The van der Waals surface area contributed by atoms with E-state index in [0.717, 1.165) is 55.1 Å². The zero-order valence-electron chi connectivity index (χ0n) is 14.5. The van der Waals surface area contributed by atoms with Gasteiger partial charge in [0.1, 0.15) is 16.9 Å². The third kappa shape index (κ3) is 3.22. The molecule has 26 heavy (non-hydrogen) atoms. The molecular weight excluding hydrogens is 576 g/mol. The van der Waals surface area contributed by atoms with Gasteiger partial charge in [-0.2, -0.15) is 0 Å². The number of anilines is 1. The van der Waals surface area contributed by atoms with Crippen molar-refractivity contribution in [3.05, 3.63) is 40.8 Å². The number of methoxy groups -OCH3 is 1. The first kappa shape index (κ1) is 18.8. The van der Waals surface area contributed by atoms with Gasteiger partial charge in [0.2, 0.25) is 0 Å². The number of fused-ring (bicyclic) bond motifs is 3. The van der Waals surface area contributed by atoms with Crippen LogP contribution in [0.25, 0.3) is 0 Å². The Bertz CT molecular complexity index is 884. The second-order valence-electron chi connectivity index (χ2n) is 6.39. The zero-order valence-corrected chi connectivity index (χ0v) is 19.6. The number of nitrogens with zero attached hydrogens (tertiary/aromatic N) is 1. The number of benzene rings is 1. The molecule has 1 aromatic heterocycles. The zero-order chi connectivity index (χ0) is 18.4. The van der Waals surface area contributed by atoms with Gasteiger partial charge in [-0.25, -0.2) is 0 Å². The second-order valence-corrected chi connectivity index (χ2v) is 9.90. The average molecular weight is 595 g/mol. The highest BCUT2D eigenvalue weighted by Gasteiger charge is 2.34. The van der Waals surface area contributed by atoms with Gasteiger partial charge in [-0.05, 0) is 75.8 Å². The lowest BCUT2D eigenvalue weighted by Gasteiger charge is -2.29. The molecule has 0 bridgehead atoms. The first-order valence-electron chi connectivity index (χ1n) is 8.49. The molecule has 2 aromatic rings. The molecule has 1 unspecified atom stereocenters. The summed E-state index contributed by atoms with van der Waals surface area (Å²) < 4.78 is 7.77. The topological polar surface area (TPSA) is 53.6 Å². The molecule has 0 aliphatic carbocycles. The minimum absolute atomic E-state index is 0.0159. The van der Waals surface area contributed by atoms with Crippen molar-refractivity contribution in [3.8, 4) is 5.75 Å². The molecule has 2 aliphatic rings. The number of halogens is 2. The van der Waals surface area contributed by atoms with Gasteiger partial charge in [0.15, 0.2) is 0 Å². The van der Waals surface area contributed by atoms with Gasteiger partial charge in [0.05, 0.1) is 16.2 Å². The largest absolute Gasteiger partial charge is 0.495 e. The normalized spacial score (nSPS) is 19.4. The number of carbonyl (C=O) groups excluding carboxylic acids is 1. The molecule has 0 saturated carbocycles. The number of likely N-dealkylation sites (N-methyl/N-ethyl adjacent to an activating group) is 1. The number of thiophene rings is 1. The summed E-state index contributed by atoms with van der Waals surface area (Å²) in [4.78, 5) is 16.7. The summed E-state index contributed by atoms with van der Waals surface area (Å²) in [6, 6.07) is 4.14. The number of ether oxygens (including phenoxy) is 1. The minimum atomic E-state index is -0.282. The highest BCUT2D eigenvalue weighted by molar-refractivity contribution is 14.1. The molecule has 2 aliphatic heterocycles. The van der Waals surface area contributed by atoms with Crippen molar-refractivity contribution in [3.63, 3.8) is 0 Å². The standard InChI is InChI=1S/C18H19I2N3O2S/c1-3-23-5-4-10-13(8-23)26-18-14(10)17(24)21-16(22-18)11-6-9(19)7-12(20)15(11)25-2/h6-7,16,22H,3-5,8H2,1-2H3,(H,21,24). The van der Waals surface area contributed by atoms with Crippen LogP contribution in [-0.4, -0.2) is 31.0 Å². The summed E-state index contributed by atoms with van der Waals surface area (Å²) in [5.74, 6) is 0.827. The Morgan fingerprint density at radius 2 is 2.15 bits per heavy atom. The van der Waals surface area contributed by atoms with Crippen molar-refractivity contribution < 1.29 is 9.53 Å². The highest BCUT2D eigenvalue weighted by atomic mass is 127. The van der Waals surface area contributed by atoms with Crippen molar-refractivity contribution in [2.24, 2.45) is 0 Å². The Morgan fingerprint density at radius 1 is 1.35 bits per heavy atom. The van der Waals surface area contributed by atoms with Gasteiger partial charge in [-0.1, -0.05) is 6.92 Å². The molecule has 1 amide bonds. The van der Waals surface area contributed by atoms with Gasteiger partial charge in [0, 0.05) is 27.1 Å². The number of nitrogens with one attached hydrogen (secondary N) is 2. The molecule has 2 N–H and O–H groups in total. The SMILES string of the molecule is CCN1CCc2c(sc3c2C(=O)NC(c2cc(I)cc(I)c2OC)N3)C1. The lowest BCUT2D eigenvalue weighted by Crippen LogP contribution is -2.39. The maximum atomic E-state index is 12.9. The van der Waals surface area contributed by atoms with Crippen LogP contribution in [0.5, 0.6) is 5.75 Å². The first-order valence-corrected chi connectivity index (χ1v) is 11.5. The molecule has 5 nitrogen and oxygen atoms in total. The number of hydrogen-bond acceptors (Lipinski definition) is 5. The fraction of sp³-hybridized carbons (Fsp3) is 0.389. The third-order valence-corrected chi connectivity index (χ3v) is 7.49. The predicted octanol–water partition coefficient (Wildman–Crippen LogP) is 4.20. The maximum absolute atomic E-state index is 12.9. The van der Waals surface area contributed by atoms with Gasteiger partial charge >= 0.3 is 0 Å². The smallest absolute Gasteiger partial charge is 0.256 e. The number of carbonyl (C=O) groups is 1. The number of rotatable bonds is 3. The Labute approximate surface area is 184 Å². The fourth-order valence-corrected chi connectivity index (χ4v) is 7.03.